The molecular formula is C27H25ClN4O5S. The summed E-state index contributed by atoms with van der Waals surface area (Å²) in [6, 6.07) is 21.6. The van der Waals surface area contributed by atoms with Crippen LogP contribution in [0.1, 0.15) is 12.5 Å². The van der Waals surface area contributed by atoms with E-state index in [4.69, 9.17) is 21.1 Å². The Balaban J connectivity index is 1.48. The van der Waals surface area contributed by atoms with E-state index in [9.17, 15) is 13.2 Å². The molecule has 1 amide bonds. The zero-order valence-electron chi connectivity index (χ0n) is 20.8. The Morgan fingerprint density at radius 2 is 1.68 bits per heavy atom. The Morgan fingerprint density at radius 1 is 1.03 bits per heavy atom. The number of ether oxygens (including phenoxy) is 2. The van der Waals surface area contributed by atoms with Crippen molar-refractivity contribution in [3.05, 3.63) is 89.6 Å². The minimum atomic E-state index is -3.81. The number of fused-ring (bicyclic) bond motifs is 1. The summed E-state index contributed by atoms with van der Waals surface area (Å²) in [5.41, 5.74) is 3.81. The van der Waals surface area contributed by atoms with Crippen molar-refractivity contribution in [3.63, 3.8) is 0 Å². The lowest BCUT2D eigenvalue weighted by Gasteiger charge is -2.27. The van der Waals surface area contributed by atoms with E-state index in [2.05, 4.69) is 15.5 Å². The van der Waals surface area contributed by atoms with Crippen LogP contribution in [-0.2, 0) is 14.8 Å². The van der Waals surface area contributed by atoms with Crippen molar-refractivity contribution in [2.45, 2.75) is 13.0 Å². The SMILES string of the molecule is COc1ccc2cc(/C=N\NC(=O)[C@@H](C)N(c3ccc(Oc4ccccc4)cc3)S(C)(=O)=O)c(Cl)nc2c1. The second-order valence-corrected chi connectivity index (χ2v) is 10.5. The predicted molar refractivity (Wildman–Crippen MR) is 149 cm³/mol. The van der Waals surface area contributed by atoms with Gasteiger partial charge in [-0.25, -0.2) is 18.8 Å². The van der Waals surface area contributed by atoms with E-state index >= 15 is 0 Å². The van der Waals surface area contributed by atoms with Crippen molar-refractivity contribution in [1.29, 1.82) is 0 Å². The Bertz CT molecular complexity index is 1580. The first-order chi connectivity index (χ1) is 18.2. The number of aromatic nitrogens is 1. The van der Waals surface area contributed by atoms with Gasteiger partial charge >= 0.3 is 0 Å². The summed E-state index contributed by atoms with van der Waals surface area (Å²) >= 11 is 6.28. The van der Waals surface area contributed by atoms with Crippen molar-refractivity contribution in [3.8, 4) is 17.2 Å². The average Bonchev–Trinajstić information content (AvgIpc) is 2.89. The quantitative estimate of drug-likeness (QED) is 0.178. The number of sulfonamides is 1. The topological polar surface area (TPSA) is 110 Å². The molecule has 4 rings (SSSR count). The third-order valence-electron chi connectivity index (χ3n) is 5.54. The van der Waals surface area contributed by atoms with Gasteiger partial charge in [0.05, 0.1) is 30.8 Å². The van der Waals surface area contributed by atoms with Crippen molar-refractivity contribution in [2.24, 2.45) is 5.10 Å². The van der Waals surface area contributed by atoms with Crippen molar-refractivity contribution >= 4 is 50.3 Å². The molecule has 0 saturated carbocycles. The number of amides is 1. The lowest BCUT2D eigenvalue weighted by molar-refractivity contribution is -0.121. The summed E-state index contributed by atoms with van der Waals surface area (Å²) in [4.78, 5) is 17.2. The fraction of sp³-hybridized carbons (Fsp3) is 0.148. The van der Waals surface area contributed by atoms with E-state index in [0.29, 0.717) is 34.0 Å². The highest BCUT2D eigenvalue weighted by molar-refractivity contribution is 7.92. The van der Waals surface area contributed by atoms with E-state index in [1.165, 1.54) is 13.1 Å². The van der Waals surface area contributed by atoms with Crippen molar-refractivity contribution < 1.29 is 22.7 Å². The summed E-state index contributed by atoms with van der Waals surface area (Å²) in [6.07, 6.45) is 2.38. The molecule has 1 heterocycles. The highest BCUT2D eigenvalue weighted by atomic mass is 35.5. The van der Waals surface area contributed by atoms with Crippen LogP contribution in [0.3, 0.4) is 0 Å². The van der Waals surface area contributed by atoms with Crippen LogP contribution in [0.15, 0.2) is 84.0 Å². The van der Waals surface area contributed by atoms with E-state index in [1.54, 1.807) is 49.6 Å². The molecule has 11 heteroatoms. The van der Waals surface area contributed by atoms with Gasteiger partial charge in [0.2, 0.25) is 10.0 Å². The Hall–Kier alpha value is -4.15. The smallest absolute Gasteiger partial charge is 0.263 e. The zero-order valence-corrected chi connectivity index (χ0v) is 22.4. The molecule has 0 aliphatic carbocycles. The number of rotatable bonds is 9. The third kappa shape index (κ3) is 6.39. The summed E-state index contributed by atoms with van der Waals surface area (Å²) < 4.78 is 37.2. The van der Waals surface area contributed by atoms with Gasteiger partial charge in [-0.1, -0.05) is 29.8 Å². The van der Waals surface area contributed by atoms with Crippen LogP contribution in [0.2, 0.25) is 5.15 Å². The monoisotopic (exact) mass is 552 g/mol. The molecule has 0 spiro atoms. The molecule has 4 aromatic rings. The first kappa shape index (κ1) is 26.9. The molecule has 1 atom stereocenters. The van der Waals surface area contributed by atoms with Gasteiger partial charge in [0.25, 0.3) is 5.91 Å². The molecule has 1 N–H and O–H groups in total. The van der Waals surface area contributed by atoms with Crippen molar-refractivity contribution in [1.82, 2.24) is 10.4 Å². The number of hydrogen-bond donors (Lipinski definition) is 1. The maximum atomic E-state index is 12.9. The highest BCUT2D eigenvalue weighted by Crippen LogP contribution is 2.27. The Morgan fingerprint density at radius 3 is 2.34 bits per heavy atom. The van der Waals surface area contributed by atoms with Crippen molar-refractivity contribution in [2.75, 3.05) is 17.7 Å². The number of hydrogen-bond acceptors (Lipinski definition) is 7. The number of carbonyl (C=O) groups is 1. The molecule has 0 unspecified atom stereocenters. The minimum absolute atomic E-state index is 0.187. The highest BCUT2D eigenvalue weighted by Gasteiger charge is 2.29. The molecule has 0 saturated heterocycles. The fourth-order valence-electron chi connectivity index (χ4n) is 3.71. The molecular weight excluding hydrogens is 528 g/mol. The van der Waals surface area contributed by atoms with Crippen LogP contribution in [0.4, 0.5) is 5.69 Å². The minimum Gasteiger partial charge on any atom is -0.497 e. The van der Waals surface area contributed by atoms with Gasteiger partial charge in [0.1, 0.15) is 28.4 Å². The van der Waals surface area contributed by atoms with E-state index in [1.807, 2.05) is 36.4 Å². The van der Waals surface area contributed by atoms with Gasteiger partial charge in [-0.3, -0.25) is 9.10 Å². The molecule has 196 valence electrons. The second kappa shape index (κ2) is 11.5. The van der Waals surface area contributed by atoms with Gasteiger partial charge in [-0.05, 0) is 61.5 Å². The van der Waals surface area contributed by atoms with Crippen LogP contribution in [0.5, 0.6) is 17.2 Å². The summed E-state index contributed by atoms with van der Waals surface area (Å²) in [7, 11) is -2.25. The first-order valence-electron chi connectivity index (χ1n) is 11.5. The van der Waals surface area contributed by atoms with Crippen LogP contribution >= 0.6 is 11.6 Å². The summed E-state index contributed by atoms with van der Waals surface area (Å²) in [5, 5.41) is 4.96. The number of methoxy groups -OCH3 is 1. The zero-order chi connectivity index (χ0) is 27.3. The van der Waals surface area contributed by atoms with Gasteiger partial charge in [-0.2, -0.15) is 5.10 Å². The van der Waals surface area contributed by atoms with Gasteiger partial charge < -0.3 is 9.47 Å². The standard InChI is InChI=1S/C27H25ClN4O5S/c1-18(27(33)31-29-17-20-15-19-9-12-24(36-2)16-25(19)30-26(20)28)32(38(3,34)35)21-10-13-23(14-11-21)37-22-7-5-4-6-8-22/h4-18H,1-3H3,(H,31,33)/b29-17-/t18-/m1/s1. The third-order valence-corrected chi connectivity index (χ3v) is 7.09. The Labute approximate surface area is 225 Å². The Kier molecular flexibility index (Phi) is 8.13. The average molecular weight is 553 g/mol. The fourth-order valence-corrected chi connectivity index (χ4v) is 5.08. The van der Waals surface area contributed by atoms with Crippen LogP contribution in [-0.4, -0.2) is 44.9 Å². The molecule has 0 bridgehead atoms. The lowest BCUT2D eigenvalue weighted by Crippen LogP contribution is -2.46. The molecule has 0 aliphatic heterocycles. The summed E-state index contributed by atoms with van der Waals surface area (Å²) in [6.45, 7) is 1.47. The molecule has 0 fully saturated rings. The number of nitrogens with zero attached hydrogens (tertiary/aromatic N) is 3. The number of carbonyl (C=O) groups excluding carboxylic acids is 1. The molecule has 9 nitrogen and oxygen atoms in total. The number of anilines is 1. The first-order valence-corrected chi connectivity index (χ1v) is 13.7. The number of nitrogens with one attached hydrogen (secondary N) is 1. The number of para-hydroxylation sites is 1. The van der Waals surface area contributed by atoms with E-state index < -0.39 is 22.0 Å². The molecule has 38 heavy (non-hydrogen) atoms. The number of benzene rings is 3. The van der Waals surface area contributed by atoms with Crippen LogP contribution < -0.4 is 19.2 Å². The normalized spacial score (nSPS) is 12.3. The predicted octanol–water partition coefficient (Wildman–Crippen LogP) is 4.99. The number of pyridine rings is 1. The summed E-state index contributed by atoms with van der Waals surface area (Å²) in [5.74, 6) is 1.19. The molecule has 3 aromatic carbocycles. The molecule has 0 radical (unpaired) electrons. The van der Waals surface area contributed by atoms with Gasteiger partial charge in [-0.15, -0.1) is 0 Å². The van der Waals surface area contributed by atoms with Gasteiger partial charge in [0.15, 0.2) is 0 Å². The van der Waals surface area contributed by atoms with Gasteiger partial charge in [0, 0.05) is 17.0 Å². The maximum Gasteiger partial charge on any atom is 0.263 e. The van der Waals surface area contributed by atoms with E-state index in [0.717, 1.165) is 15.9 Å². The lowest BCUT2D eigenvalue weighted by atomic mass is 10.1. The van der Waals surface area contributed by atoms with Crippen LogP contribution in [0, 0.1) is 0 Å². The molecule has 0 aliphatic rings. The van der Waals surface area contributed by atoms with E-state index in [-0.39, 0.29) is 5.15 Å². The number of hydrazone groups is 1. The number of halogens is 1. The largest absolute Gasteiger partial charge is 0.497 e. The van der Waals surface area contributed by atoms with Crippen LogP contribution in [0.25, 0.3) is 10.9 Å². The maximum absolute atomic E-state index is 12.9. The second-order valence-electron chi connectivity index (χ2n) is 8.31. The molecule has 1 aromatic heterocycles.